The van der Waals surface area contributed by atoms with Crippen LogP contribution in [0.2, 0.25) is 0 Å². The minimum atomic E-state index is -0.329. The lowest BCUT2D eigenvalue weighted by Gasteiger charge is -2.08. The molecule has 0 aliphatic rings. The van der Waals surface area contributed by atoms with Gasteiger partial charge in [-0.25, -0.2) is 14.8 Å². The first-order chi connectivity index (χ1) is 11.8. The SMILES string of the molecule is CCOC(=O)c1ccc(Nc2ccnc(-c3cccnc3)n2)cc1.Cl. The van der Waals surface area contributed by atoms with E-state index in [-0.39, 0.29) is 18.4 Å². The highest BCUT2D eigenvalue weighted by Gasteiger charge is 2.06. The Labute approximate surface area is 151 Å². The predicted octanol–water partition coefficient (Wildman–Crippen LogP) is 3.88. The summed E-state index contributed by atoms with van der Waals surface area (Å²) in [6.45, 7) is 2.14. The number of rotatable bonds is 5. The monoisotopic (exact) mass is 356 g/mol. The fraction of sp³-hybridized carbons (Fsp3) is 0.111. The third-order valence-corrected chi connectivity index (χ3v) is 3.24. The van der Waals surface area contributed by atoms with Gasteiger partial charge in [-0.1, -0.05) is 0 Å². The quantitative estimate of drug-likeness (QED) is 0.699. The number of carbonyl (C=O) groups excluding carboxylic acids is 1. The van der Waals surface area contributed by atoms with E-state index < -0.39 is 0 Å². The van der Waals surface area contributed by atoms with E-state index in [1.54, 1.807) is 55.8 Å². The normalized spacial score (nSPS) is 9.80. The lowest BCUT2D eigenvalue weighted by atomic mass is 10.2. The Morgan fingerprint density at radius 3 is 2.60 bits per heavy atom. The fourth-order valence-electron chi connectivity index (χ4n) is 2.11. The lowest BCUT2D eigenvalue weighted by Crippen LogP contribution is -2.04. The predicted molar refractivity (Wildman–Crippen MR) is 98.2 cm³/mol. The van der Waals surface area contributed by atoms with Crippen LogP contribution in [0.3, 0.4) is 0 Å². The van der Waals surface area contributed by atoms with E-state index in [9.17, 15) is 4.79 Å². The Kier molecular flexibility index (Phi) is 6.42. The lowest BCUT2D eigenvalue weighted by molar-refractivity contribution is 0.0526. The summed E-state index contributed by atoms with van der Waals surface area (Å²) in [6.07, 6.45) is 5.11. The van der Waals surface area contributed by atoms with Gasteiger partial charge in [-0.05, 0) is 49.4 Å². The van der Waals surface area contributed by atoms with Gasteiger partial charge in [0, 0.05) is 29.8 Å². The van der Waals surface area contributed by atoms with Crippen molar-refractivity contribution in [3.63, 3.8) is 0 Å². The Morgan fingerprint density at radius 1 is 1.12 bits per heavy atom. The van der Waals surface area contributed by atoms with Gasteiger partial charge in [0.2, 0.25) is 0 Å². The number of esters is 1. The molecule has 3 rings (SSSR count). The molecule has 2 heterocycles. The zero-order chi connectivity index (χ0) is 16.8. The Hall–Kier alpha value is -2.99. The van der Waals surface area contributed by atoms with Gasteiger partial charge in [-0.15, -0.1) is 12.4 Å². The second-order valence-electron chi connectivity index (χ2n) is 4.93. The zero-order valence-electron chi connectivity index (χ0n) is 13.5. The minimum absolute atomic E-state index is 0. The summed E-state index contributed by atoms with van der Waals surface area (Å²) in [4.78, 5) is 24.4. The standard InChI is InChI=1S/C18H16N4O2.ClH/c1-2-24-18(23)13-5-7-15(8-6-13)21-16-9-11-20-17(22-16)14-4-3-10-19-12-14;/h3-12H,2H2,1H3,(H,20,21,22);1H. The maximum Gasteiger partial charge on any atom is 0.338 e. The van der Waals surface area contributed by atoms with E-state index in [1.165, 1.54) is 0 Å². The molecule has 25 heavy (non-hydrogen) atoms. The highest BCUT2D eigenvalue weighted by molar-refractivity contribution is 5.89. The number of ether oxygens (including phenoxy) is 1. The van der Waals surface area contributed by atoms with Crippen LogP contribution in [0.4, 0.5) is 11.5 Å². The molecule has 0 saturated heterocycles. The number of hydrogen-bond acceptors (Lipinski definition) is 6. The van der Waals surface area contributed by atoms with Crippen LogP contribution in [0, 0.1) is 0 Å². The maximum atomic E-state index is 11.6. The Morgan fingerprint density at radius 2 is 1.92 bits per heavy atom. The molecule has 0 fully saturated rings. The van der Waals surface area contributed by atoms with E-state index in [2.05, 4.69) is 20.3 Å². The first-order valence-electron chi connectivity index (χ1n) is 7.54. The van der Waals surface area contributed by atoms with Crippen molar-refractivity contribution in [2.24, 2.45) is 0 Å². The largest absolute Gasteiger partial charge is 0.462 e. The zero-order valence-corrected chi connectivity index (χ0v) is 14.4. The molecule has 2 aromatic heterocycles. The molecule has 1 aromatic carbocycles. The Bertz CT molecular complexity index is 826. The van der Waals surface area contributed by atoms with Crippen LogP contribution in [-0.4, -0.2) is 27.5 Å². The summed E-state index contributed by atoms with van der Waals surface area (Å²) in [5, 5.41) is 3.19. The molecule has 0 aliphatic heterocycles. The minimum Gasteiger partial charge on any atom is -0.462 e. The van der Waals surface area contributed by atoms with Crippen LogP contribution in [0.15, 0.2) is 61.1 Å². The number of halogens is 1. The number of carbonyl (C=O) groups is 1. The van der Waals surface area contributed by atoms with Crippen molar-refractivity contribution in [2.75, 3.05) is 11.9 Å². The molecular weight excluding hydrogens is 340 g/mol. The summed E-state index contributed by atoms with van der Waals surface area (Å²) in [5.74, 6) is 0.925. The highest BCUT2D eigenvalue weighted by atomic mass is 35.5. The second kappa shape index (κ2) is 8.75. The summed E-state index contributed by atoms with van der Waals surface area (Å²) in [6, 6.07) is 12.6. The highest BCUT2D eigenvalue weighted by Crippen LogP contribution is 2.19. The van der Waals surface area contributed by atoms with Crippen LogP contribution >= 0.6 is 12.4 Å². The van der Waals surface area contributed by atoms with Crippen LogP contribution < -0.4 is 5.32 Å². The number of nitrogens with zero attached hydrogens (tertiary/aromatic N) is 3. The average molecular weight is 357 g/mol. The molecule has 0 radical (unpaired) electrons. The number of anilines is 2. The smallest absolute Gasteiger partial charge is 0.338 e. The topological polar surface area (TPSA) is 77.0 Å². The first kappa shape index (κ1) is 18.4. The molecule has 0 saturated carbocycles. The van der Waals surface area contributed by atoms with E-state index in [0.29, 0.717) is 23.8 Å². The summed E-state index contributed by atoms with van der Waals surface area (Å²) in [7, 11) is 0. The van der Waals surface area contributed by atoms with Crippen molar-refractivity contribution in [1.29, 1.82) is 0 Å². The first-order valence-corrected chi connectivity index (χ1v) is 7.54. The molecule has 128 valence electrons. The summed E-state index contributed by atoms with van der Waals surface area (Å²) in [5.41, 5.74) is 2.18. The third-order valence-electron chi connectivity index (χ3n) is 3.24. The fourth-order valence-corrected chi connectivity index (χ4v) is 2.11. The number of hydrogen-bond donors (Lipinski definition) is 1. The van der Waals surface area contributed by atoms with Gasteiger partial charge in [0.25, 0.3) is 0 Å². The van der Waals surface area contributed by atoms with Crippen LogP contribution in [0.5, 0.6) is 0 Å². The van der Waals surface area contributed by atoms with Crippen LogP contribution in [-0.2, 0) is 4.74 Å². The van der Waals surface area contributed by atoms with Crippen molar-refractivity contribution < 1.29 is 9.53 Å². The average Bonchev–Trinajstić information content (AvgIpc) is 2.63. The summed E-state index contributed by atoms with van der Waals surface area (Å²) < 4.78 is 4.96. The van der Waals surface area contributed by atoms with Gasteiger partial charge in [-0.2, -0.15) is 0 Å². The molecule has 0 atom stereocenters. The van der Waals surface area contributed by atoms with Gasteiger partial charge in [0.15, 0.2) is 5.82 Å². The number of benzene rings is 1. The molecule has 3 aromatic rings. The molecule has 0 spiro atoms. The van der Waals surface area contributed by atoms with Crippen molar-refractivity contribution in [1.82, 2.24) is 15.0 Å². The van der Waals surface area contributed by atoms with Crippen molar-refractivity contribution in [3.8, 4) is 11.4 Å². The summed E-state index contributed by atoms with van der Waals surface area (Å²) >= 11 is 0. The van der Waals surface area contributed by atoms with Crippen LogP contribution in [0.1, 0.15) is 17.3 Å². The molecule has 0 aliphatic carbocycles. The Balaban J connectivity index is 0.00000225. The molecule has 0 unspecified atom stereocenters. The van der Waals surface area contributed by atoms with Gasteiger partial charge in [-0.3, -0.25) is 4.98 Å². The van der Waals surface area contributed by atoms with Gasteiger partial charge in [0.05, 0.1) is 12.2 Å². The number of nitrogens with one attached hydrogen (secondary N) is 1. The molecular formula is C18H17ClN4O2. The second-order valence-corrected chi connectivity index (χ2v) is 4.93. The molecule has 1 N–H and O–H groups in total. The van der Waals surface area contributed by atoms with Crippen molar-refractivity contribution in [3.05, 3.63) is 66.6 Å². The van der Waals surface area contributed by atoms with Gasteiger partial charge in [0.1, 0.15) is 5.82 Å². The van der Waals surface area contributed by atoms with E-state index in [0.717, 1.165) is 11.3 Å². The number of aromatic nitrogens is 3. The van der Waals surface area contributed by atoms with E-state index in [1.807, 2.05) is 12.1 Å². The molecule has 6 nitrogen and oxygen atoms in total. The molecule has 7 heteroatoms. The van der Waals surface area contributed by atoms with E-state index in [4.69, 9.17) is 4.74 Å². The molecule has 0 bridgehead atoms. The van der Waals surface area contributed by atoms with Gasteiger partial charge < -0.3 is 10.1 Å². The molecule has 0 amide bonds. The van der Waals surface area contributed by atoms with E-state index >= 15 is 0 Å². The van der Waals surface area contributed by atoms with Crippen molar-refractivity contribution >= 4 is 29.9 Å². The maximum absolute atomic E-state index is 11.6. The number of pyridine rings is 1. The van der Waals surface area contributed by atoms with Crippen molar-refractivity contribution in [2.45, 2.75) is 6.92 Å². The van der Waals surface area contributed by atoms with Crippen LogP contribution in [0.25, 0.3) is 11.4 Å². The van der Waals surface area contributed by atoms with Gasteiger partial charge >= 0.3 is 5.97 Å². The third kappa shape index (κ3) is 4.74.